The third-order valence-electron chi connectivity index (χ3n) is 3.80. The van der Waals surface area contributed by atoms with Gasteiger partial charge in [-0.1, -0.05) is 23.2 Å². The van der Waals surface area contributed by atoms with Crippen LogP contribution in [0.15, 0.2) is 36.5 Å². The first-order valence-electron chi connectivity index (χ1n) is 7.17. The zero-order valence-corrected chi connectivity index (χ0v) is 13.7. The van der Waals surface area contributed by atoms with Crippen LogP contribution in [0.25, 0.3) is 0 Å². The van der Waals surface area contributed by atoms with Gasteiger partial charge in [-0.3, -0.25) is 0 Å². The number of aromatic nitrogens is 1. The minimum absolute atomic E-state index is 0.132. The van der Waals surface area contributed by atoms with Crippen molar-refractivity contribution in [3.63, 3.8) is 0 Å². The van der Waals surface area contributed by atoms with Crippen LogP contribution >= 0.6 is 23.2 Å². The Kier molecular flexibility index (Phi) is 4.32. The second-order valence-electron chi connectivity index (χ2n) is 5.52. The third-order valence-corrected chi connectivity index (χ3v) is 4.35. The first-order valence-corrected chi connectivity index (χ1v) is 7.93. The molecule has 6 heteroatoms. The van der Waals surface area contributed by atoms with Crippen LogP contribution in [0.5, 0.6) is 0 Å². The highest BCUT2D eigenvalue weighted by molar-refractivity contribution is 6.36. The Hall–Kier alpha value is -1.65. The van der Waals surface area contributed by atoms with Crippen molar-refractivity contribution in [1.29, 1.82) is 0 Å². The fourth-order valence-electron chi connectivity index (χ4n) is 2.37. The average molecular weight is 338 g/mol. The molecular formula is C16H17Cl2N3O. The Morgan fingerprint density at radius 2 is 2.14 bits per heavy atom. The standard InChI is InChI=1S/C16H17Cl2N3O/c1-20-8-2-3-13(20)10-21(12-5-6-12)16(22)19-15-7-4-11(17)9-14(15)18/h2-4,7-9,12H,5-6,10H2,1H3,(H,19,22). The minimum Gasteiger partial charge on any atom is -0.353 e. The highest BCUT2D eigenvalue weighted by atomic mass is 35.5. The molecule has 2 aromatic rings. The molecule has 3 rings (SSSR count). The first kappa shape index (κ1) is 15.3. The molecule has 2 amide bonds. The molecule has 116 valence electrons. The summed E-state index contributed by atoms with van der Waals surface area (Å²) in [6.45, 7) is 0.589. The van der Waals surface area contributed by atoms with E-state index in [0.717, 1.165) is 18.5 Å². The molecule has 1 aliphatic rings. The lowest BCUT2D eigenvalue weighted by Crippen LogP contribution is -2.36. The molecule has 0 spiro atoms. The van der Waals surface area contributed by atoms with Gasteiger partial charge in [-0.2, -0.15) is 0 Å². The van der Waals surface area contributed by atoms with Crippen molar-refractivity contribution in [3.05, 3.63) is 52.3 Å². The molecule has 22 heavy (non-hydrogen) atoms. The van der Waals surface area contributed by atoms with Gasteiger partial charge in [0.2, 0.25) is 0 Å². The molecule has 1 heterocycles. The first-order chi connectivity index (χ1) is 10.5. The van der Waals surface area contributed by atoms with Gasteiger partial charge >= 0.3 is 6.03 Å². The number of benzene rings is 1. The van der Waals surface area contributed by atoms with E-state index in [1.54, 1.807) is 18.2 Å². The van der Waals surface area contributed by atoms with Gasteiger partial charge in [-0.25, -0.2) is 4.79 Å². The summed E-state index contributed by atoms with van der Waals surface area (Å²) < 4.78 is 2.03. The molecule has 0 atom stereocenters. The highest BCUT2D eigenvalue weighted by Crippen LogP contribution is 2.30. The number of hydrogen-bond donors (Lipinski definition) is 1. The molecule has 1 aliphatic carbocycles. The number of amides is 2. The molecular weight excluding hydrogens is 321 g/mol. The minimum atomic E-state index is -0.132. The Labute approximate surface area is 139 Å². The maximum atomic E-state index is 12.6. The summed E-state index contributed by atoms with van der Waals surface area (Å²) in [5.41, 5.74) is 1.68. The largest absolute Gasteiger partial charge is 0.353 e. The van der Waals surface area contributed by atoms with Crippen LogP contribution < -0.4 is 5.32 Å². The SMILES string of the molecule is Cn1cccc1CN(C(=O)Nc1ccc(Cl)cc1Cl)C1CC1. The number of nitrogens with zero attached hydrogens (tertiary/aromatic N) is 2. The van der Waals surface area contributed by atoms with Gasteiger partial charge in [0.1, 0.15) is 0 Å². The quantitative estimate of drug-likeness (QED) is 0.874. The number of carbonyl (C=O) groups is 1. The molecule has 0 saturated heterocycles. The van der Waals surface area contributed by atoms with Crippen molar-refractivity contribution in [3.8, 4) is 0 Å². The number of anilines is 1. The van der Waals surface area contributed by atoms with Crippen LogP contribution in [0.1, 0.15) is 18.5 Å². The van der Waals surface area contributed by atoms with E-state index in [-0.39, 0.29) is 6.03 Å². The van der Waals surface area contributed by atoms with Crippen molar-refractivity contribution >= 4 is 34.9 Å². The van der Waals surface area contributed by atoms with E-state index in [0.29, 0.717) is 28.3 Å². The molecule has 0 unspecified atom stereocenters. The van der Waals surface area contributed by atoms with Gasteiger partial charge < -0.3 is 14.8 Å². The molecule has 0 radical (unpaired) electrons. The van der Waals surface area contributed by atoms with E-state index in [1.165, 1.54) is 0 Å². The fourth-order valence-corrected chi connectivity index (χ4v) is 2.82. The van der Waals surface area contributed by atoms with E-state index in [4.69, 9.17) is 23.2 Å². The van der Waals surface area contributed by atoms with Gasteiger partial charge in [0.05, 0.1) is 17.3 Å². The van der Waals surface area contributed by atoms with Gasteiger partial charge in [-0.05, 0) is 43.2 Å². The van der Waals surface area contributed by atoms with Crippen LogP contribution in [0.2, 0.25) is 10.0 Å². The van der Waals surface area contributed by atoms with E-state index >= 15 is 0 Å². The van der Waals surface area contributed by atoms with Crippen molar-refractivity contribution < 1.29 is 4.79 Å². The summed E-state index contributed by atoms with van der Waals surface area (Å²) >= 11 is 12.0. The van der Waals surface area contributed by atoms with Crippen LogP contribution in [-0.2, 0) is 13.6 Å². The molecule has 4 nitrogen and oxygen atoms in total. The van der Waals surface area contributed by atoms with Crippen LogP contribution in [0.4, 0.5) is 10.5 Å². The number of aryl methyl sites for hydroxylation is 1. The van der Waals surface area contributed by atoms with Crippen molar-refractivity contribution in [1.82, 2.24) is 9.47 Å². The number of nitrogens with one attached hydrogen (secondary N) is 1. The summed E-state index contributed by atoms with van der Waals surface area (Å²) in [5, 5.41) is 3.87. The molecule has 1 saturated carbocycles. The number of hydrogen-bond acceptors (Lipinski definition) is 1. The van der Waals surface area contributed by atoms with E-state index < -0.39 is 0 Å². The summed E-state index contributed by atoms with van der Waals surface area (Å²) in [5.74, 6) is 0. The monoisotopic (exact) mass is 337 g/mol. The summed E-state index contributed by atoms with van der Waals surface area (Å²) in [6.07, 6.45) is 4.08. The fraction of sp³-hybridized carbons (Fsp3) is 0.312. The summed E-state index contributed by atoms with van der Waals surface area (Å²) in [7, 11) is 1.98. The van der Waals surface area contributed by atoms with Crippen molar-refractivity contribution in [2.45, 2.75) is 25.4 Å². The maximum Gasteiger partial charge on any atom is 0.322 e. The number of rotatable bonds is 4. The number of halogens is 2. The number of urea groups is 1. The van der Waals surface area contributed by atoms with Gasteiger partial charge in [0.25, 0.3) is 0 Å². The van der Waals surface area contributed by atoms with Gasteiger partial charge in [0.15, 0.2) is 0 Å². The van der Waals surface area contributed by atoms with E-state index in [1.807, 2.05) is 34.8 Å². The Morgan fingerprint density at radius 1 is 1.36 bits per heavy atom. The molecule has 1 fully saturated rings. The van der Waals surface area contributed by atoms with Gasteiger partial charge in [0, 0.05) is 30.0 Å². The predicted octanol–water partition coefficient (Wildman–Crippen LogP) is 4.53. The lowest BCUT2D eigenvalue weighted by Gasteiger charge is -2.23. The predicted molar refractivity (Wildman–Crippen MR) is 89.5 cm³/mol. The molecule has 0 bridgehead atoms. The maximum absolute atomic E-state index is 12.6. The Balaban J connectivity index is 1.74. The Bertz CT molecular complexity index is 694. The smallest absolute Gasteiger partial charge is 0.322 e. The Morgan fingerprint density at radius 3 is 2.73 bits per heavy atom. The summed E-state index contributed by atoms with van der Waals surface area (Å²) in [4.78, 5) is 14.4. The number of carbonyl (C=O) groups excluding carboxylic acids is 1. The molecule has 1 N–H and O–H groups in total. The normalized spacial score (nSPS) is 14.0. The third kappa shape index (κ3) is 3.39. The second-order valence-corrected chi connectivity index (χ2v) is 6.37. The zero-order valence-electron chi connectivity index (χ0n) is 12.2. The van der Waals surface area contributed by atoms with Crippen molar-refractivity contribution in [2.24, 2.45) is 7.05 Å². The molecule has 0 aliphatic heterocycles. The lowest BCUT2D eigenvalue weighted by atomic mass is 10.3. The van der Waals surface area contributed by atoms with E-state index in [9.17, 15) is 4.79 Å². The topological polar surface area (TPSA) is 37.3 Å². The lowest BCUT2D eigenvalue weighted by molar-refractivity contribution is 0.205. The molecule has 1 aromatic carbocycles. The van der Waals surface area contributed by atoms with Crippen LogP contribution in [-0.4, -0.2) is 21.5 Å². The van der Waals surface area contributed by atoms with E-state index in [2.05, 4.69) is 5.32 Å². The summed E-state index contributed by atoms with van der Waals surface area (Å²) in [6, 6.07) is 9.23. The van der Waals surface area contributed by atoms with Crippen LogP contribution in [0, 0.1) is 0 Å². The average Bonchev–Trinajstić information content (AvgIpc) is 3.23. The highest BCUT2D eigenvalue weighted by Gasteiger charge is 2.33. The van der Waals surface area contributed by atoms with Crippen LogP contribution in [0.3, 0.4) is 0 Å². The second kappa shape index (κ2) is 6.23. The zero-order chi connectivity index (χ0) is 15.7. The van der Waals surface area contributed by atoms with Crippen molar-refractivity contribution in [2.75, 3.05) is 5.32 Å². The van der Waals surface area contributed by atoms with Gasteiger partial charge in [-0.15, -0.1) is 0 Å². The molecule has 1 aromatic heterocycles.